The summed E-state index contributed by atoms with van der Waals surface area (Å²) in [7, 11) is 0. The molecule has 5 heteroatoms. The van der Waals surface area contributed by atoms with E-state index in [0.29, 0.717) is 18.7 Å². The Hall–Kier alpha value is -3.00. The molecule has 1 aromatic heterocycles. The highest BCUT2D eigenvalue weighted by Crippen LogP contribution is 2.22. The van der Waals surface area contributed by atoms with Gasteiger partial charge in [-0.1, -0.05) is 24.0 Å². The molecule has 0 saturated carbocycles. The van der Waals surface area contributed by atoms with Crippen LogP contribution in [0.25, 0.3) is 11.3 Å². The van der Waals surface area contributed by atoms with Gasteiger partial charge in [0.2, 0.25) is 11.7 Å². The zero-order valence-corrected chi connectivity index (χ0v) is 12.1. The van der Waals surface area contributed by atoms with Crippen molar-refractivity contribution in [2.45, 2.75) is 13.3 Å². The van der Waals surface area contributed by atoms with E-state index in [9.17, 15) is 9.59 Å². The summed E-state index contributed by atoms with van der Waals surface area (Å²) in [4.78, 5) is 21.5. The van der Waals surface area contributed by atoms with Gasteiger partial charge < -0.3 is 14.8 Å². The Balaban J connectivity index is 1.99. The van der Waals surface area contributed by atoms with E-state index in [-0.39, 0.29) is 11.7 Å². The second-order valence-corrected chi connectivity index (χ2v) is 4.58. The van der Waals surface area contributed by atoms with E-state index >= 15 is 0 Å². The number of hydrogen-bond acceptors (Lipinski definition) is 3. The van der Waals surface area contributed by atoms with Gasteiger partial charge in [0, 0.05) is 31.0 Å². The SMILES string of the molecule is CC(=O)NCCC#Cc1ccc(-c2ccc(C(=O)O)o2)cc1. The lowest BCUT2D eigenvalue weighted by Crippen LogP contribution is -2.20. The highest BCUT2D eigenvalue weighted by atomic mass is 16.4. The smallest absolute Gasteiger partial charge is 0.371 e. The lowest BCUT2D eigenvalue weighted by molar-refractivity contribution is -0.118. The van der Waals surface area contributed by atoms with Crippen LogP contribution < -0.4 is 5.32 Å². The molecule has 2 N–H and O–H groups in total. The fraction of sp³-hybridized carbons (Fsp3) is 0.176. The van der Waals surface area contributed by atoms with Gasteiger partial charge in [-0.25, -0.2) is 4.79 Å². The van der Waals surface area contributed by atoms with Crippen LogP contribution in [0.2, 0.25) is 0 Å². The normalized spacial score (nSPS) is 9.68. The Morgan fingerprint density at radius 2 is 1.91 bits per heavy atom. The second-order valence-electron chi connectivity index (χ2n) is 4.58. The number of rotatable bonds is 4. The van der Waals surface area contributed by atoms with Gasteiger partial charge >= 0.3 is 5.97 Å². The molecule has 1 heterocycles. The number of amides is 1. The summed E-state index contributed by atoms with van der Waals surface area (Å²) in [6.45, 7) is 2.00. The Labute approximate surface area is 128 Å². The van der Waals surface area contributed by atoms with Gasteiger partial charge in [-0.2, -0.15) is 0 Å². The monoisotopic (exact) mass is 297 g/mol. The number of carboxylic acid groups (broad SMARTS) is 1. The number of hydrogen-bond donors (Lipinski definition) is 2. The minimum absolute atomic E-state index is 0.0645. The van der Waals surface area contributed by atoms with Gasteiger partial charge in [0.1, 0.15) is 5.76 Å². The van der Waals surface area contributed by atoms with Gasteiger partial charge in [0.05, 0.1) is 0 Å². The molecule has 1 amide bonds. The zero-order valence-electron chi connectivity index (χ0n) is 12.1. The molecule has 0 fully saturated rings. The van der Waals surface area contributed by atoms with Gasteiger partial charge in [-0.15, -0.1) is 0 Å². The van der Waals surface area contributed by atoms with Crippen molar-refractivity contribution in [3.63, 3.8) is 0 Å². The molecule has 0 aliphatic rings. The van der Waals surface area contributed by atoms with Crippen molar-refractivity contribution in [3.8, 4) is 23.2 Å². The van der Waals surface area contributed by atoms with Crippen LogP contribution in [0.5, 0.6) is 0 Å². The maximum absolute atomic E-state index is 10.8. The molecular weight excluding hydrogens is 282 g/mol. The van der Waals surface area contributed by atoms with Crippen LogP contribution in [-0.2, 0) is 4.79 Å². The van der Waals surface area contributed by atoms with Crippen molar-refractivity contribution in [1.82, 2.24) is 5.32 Å². The summed E-state index contributed by atoms with van der Waals surface area (Å²) in [6, 6.07) is 10.4. The standard InChI is InChI=1S/C17H15NO4/c1-12(19)18-11-3-2-4-13-5-7-14(8-6-13)15-9-10-16(22-15)17(20)21/h5-10H,3,11H2,1H3,(H,18,19)(H,20,21). The third kappa shape index (κ3) is 4.25. The van der Waals surface area contributed by atoms with E-state index in [1.165, 1.54) is 13.0 Å². The fourth-order valence-corrected chi connectivity index (χ4v) is 1.79. The van der Waals surface area contributed by atoms with Crippen LogP contribution in [0.4, 0.5) is 0 Å². The molecule has 1 aromatic carbocycles. The van der Waals surface area contributed by atoms with E-state index in [0.717, 1.165) is 11.1 Å². The van der Waals surface area contributed by atoms with Crippen LogP contribution in [0.1, 0.15) is 29.5 Å². The van der Waals surface area contributed by atoms with Crippen molar-refractivity contribution >= 4 is 11.9 Å². The molecule has 2 rings (SSSR count). The number of carbonyl (C=O) groups excluding carboxylic acids is 1. The van der Waals surface area contributed by atoms with E-state index in [1.54, 1.807) is 6.07 Å². The molecule has 2 aromatic rings. The topological polar surface area (TPSA) is 79.5 Å². The molecule has 0 saturated heterocycles. The molecule has 0 spiro atoms. The highest BCUT2D eigenvalue weighted by molar-refractivity contribution is 5.85. The maximum atomic E-state index is 10.8. The van der Waals surface area contributed by atoms with Crippen molar-refractivity contribution in [2.75, 3.05) is 6.54 Å². The number of nitrogens with one attached hydrogen (secondary N) is 1. The predicted molar refractivity (Wildman–Crippen MR) is 81.3 cm³/mol. The molecule has 0 radical (unpaired) electrons. The Morgan fingerprint density at radius 3 is 2.50 bits per heavy atom. The fourth-order valence-electron chi connectivity index (χ4n) is 1.79. The van der Waals surface area contributed by atoms with E-state index in [1.807, 2.05) is 24.3 Å². The van der Waals surface area contributed by atoms with Crippen LogP contribution in [0, 0.1) is 11.8 Å². The zero-order chi connectivity index (χ0) is 15.9. The third-order valence-electron chi connectivity index (χ3n) is 2.84. The predicted octanol–water partition coefficient (Wildman–Crippen LogP) is 2.52. The summed E-state index contributed by atoms with van der Waals surface area (Å²) in [5.41, 5.74) is 1.63. The number of aromatic carboxylic acids is 1. The largest absolute Gasteiger partial charge is 0.475 e. The summed E-state index contributed by atoms with van der Waals surface area (Å²) in [5, 5.41) is 11.5. The number of carbonyl (C=O) groups is 2. The lowest BCUT2D eigenvalue weighted by atomic mass is 10.1. The van der Waals surface area contributed by atoms with E-state index < -0.39 is 5.97 Å². The minimum atomic E-state index is -1.09. The molecule has 22 heavy (non-hydrogen) atoms. The molecule has 5 nitrogen and oxygen atoms in total. The van der Waals surface area contributed by atoms with Crippen LogP contribution in [-0.4, -0.2) is 23.5 Å². The number of furan rings is 1. The Kier molecular flexibility index (Phi) is 4.99. The summed E-state index contributed by atoms with van der Waals surface area (Å²) >= 11 is 0. The highest BCUT2D eigenvalue weighted by Gasteiger charge is 2.09. The minimum Gasteiger partial charge on any atom is -0.475 e. The van der Waals surface area contributed by atoms with Crippen molar-refractivity contribution in [1.29, 1.82) is 0 Å². The van der Waals surface area contributed by atoms with Crippen molar-refractivity contribution in [3.05, 3.63) is 47.7 Å². The lowest BCUT2D eigenvalue weighted by Gasteiger charge is -1.97. The first-order valence-electron chi connectivity index (χ1n) is 6.73. The molecule has 0 atom stereocenters. The summed E-state index contributed by atoms with van der Waals surface area (Å²) < 4.78 is 5.23. The number of benzene rings is 1. The molecule has 112 valence electrons. The number of carboxylic acids is 1. The Morgan fingerprint density at radius 1 is 1.18 bits per heavy atom. The average Bonchev–Trinajstić information content (AvgIpc) is 2.97. The van der Waals surface area contributed by atoms with E-state index in [4.69, 9.17) is 9.52 Å². The van der Waals surface area contributed by atoms with E-state index in [2.05, 4.69) is 17.2 Å². The van der Waals surface area contributed by atoms with Crippen LogP contribution >= 0.6 is 0 Å². The quantitative estimate of drug-likeness (QED) is 0.671. The molecule has 0 aliphatic carbocycles. The van der Waals surface area contributed by atoms with Gasteiger partial charge in [-0.05, 0) is 24.3 Å². The van der Waals surface area contributed by atoms with Gasteiger partial charge in [-0.3, -0.25) is 4.79 Å². The van der Waals surface area contributed by atoms with Crippen molar-refractivity contribution < 1.29 is 19.1 Å². The molecule has 0 unspecified atom stereocenters. The van der Waals surface area contributed by atoms with Crippen LogP contribution in [0.15, 0.2) is 40.8 Å². The third-order valence-corrected chi connectivity index (χ3v) is 2.84. The Bertz CT molecular complexity index is 732. The summed E-state index contributed by atoms with van der Waals surface area (Å²) in [5.74, 6) is 5.23. The maximum Gasteiger partial charge on any atom is 0.371 e. The summed E-state index contributed by atoms with van der Waals surface area (Å²) in [6.07, 6.45) is 0.585. The molecular formula is C17H15NO4. The molecule has 0 aliphatic heterocycles. The van der Waals surface area contributed by atoms with Crippen LogP contribution in [0.3, 0.4) is 0 Å². The first-order valence-corrected chi connectivity index (χ1v) is 6.73. The van der Waals surface area contributed by atoms with Gasteiger partial charge in [0.15, 0.2) is 0 Å². The average molecular weight is 297 g/mol. The molecule has 0 bridgehead atoms. The van der Waals surface area contributed by atoms with Gasteiger partial charge in [0.25, 0.3) is 0 Å². The van der Waals surface area contributed by atoms with Crippen molar-refractivity contribution in [2.24, 2.45) is 0 Å². The second kappa shape index (κ2) is 7.14. The first kappa shape index (κ1) is 15.4. The first-order chi connectivity index (χ1) is 10.6.